The molecule has 27 heavy (non-hydrogen) atoms. The van der Waals surface area contributed by atoms with Crippen LogP contribution in [0, 0.1) is 0 Å². The summed E-state index contributed by atoms with van der Waals surface area (Å²) >= 11 is 1.66. The summed E-state index contributed by atoms with van der Waals surface area (Å²) in [6.07, 6.45) is 0.726. The topological polar surface area (TPSA) is 75.7 Å². The maximum Gasteiger partial charge on any atom is 0.261 e. The molecule has 0 unspecified atom stereocenters. The van der Waals surface area contributed by atoms with Crippen LogP contribution in [0.15, 0.2) is 59.5 Å². The Morgan fingerprint density at radius 1 is 1.19 bits per heavy atom. The van der Waals surface area contributed by atoms with Crippen LogP contribution in [0.2, 0.25) is 0 Å². The van der Waals surface area contributed by atoms with E-state index in [2.05, 4.69) is 5.32 Å². The van der Waals surface area contributed by atoms with Crippen LogP contribution in [0.1, 0.15) is 6.42 Å². The van der Waals surface area contributed by atoms with Gasteiger partial charge < -0.3 is 10.1 Å². The Kier molecular flexibility index (Phi) is 6.28. The largest absolute Gasteiger partial charge is 0.478 e. The minimum Gasteiger partial charge on any atom is -0.478 e. The molecule has 8 heteroatoms. The van der Waals surface area contributed by atoms with Crippen molar-refractivity contribution in [3.05, 3.63) is 54.6 Å². The Labute approximate surface area is 164 Å². The lowest BCUT2D eigenvalue weighted by molar-refractivity contribution is -0.127. The Hall–Kier alpha value is -2.19. The monoisotopic (exact) mass is 406 g/mol. The SMILES string of the molecule is CS(=O)(=O)N1CC[C@@H](C(=O)NCCSc2ccccc2)Oc2ccccc21. The lowest BCUT2D eigenvalue weighted by Crippen LogP contribution is -2.40. The summed E-state index contributed by atoms with van der Waals surface area (Å²) in [6, 6.07) is 16.9. The zero-order valence-electron chi connectivity index (χ0n) is 15.0. The van der Waals surface area contributed by atoms with Crippen molar-refractivity contribution in [1.82, 2.24) is 5.32 Å². The molecule has 1 atom stereocenters. The molecule has 0 radical (unpaired) electrons. The van der Waals surface area contributed by atoms with Gasteiger partial charge in [-0.05, 0) is 24.3 Å². The molecular weight excluding hydrogens is 384 g/mol. The van der Waals surface area contributed by atoms with Gasteiger partial charge in [0.05, 0.1) is 11.9 Å². The van der Waals surface area contributed by atoms with Crippen molar-refractivity contribution >= 4 is 33.4 Å². The molecule has 0 aromatic heterocycles. The van der Waals surface area contributed by atoms with E-state index in [9.17, 15) is 13.2 Å². The van der Waals surface area contributed by atoms with Gasteiger partial charge >= 0.3 is 0 Å². The third kappa shape index (κ3) is 5.17. The molecule has 0 aliphatic carbocycles. The Morgan fingerprint density at radius 2 is 1.89 bits per heavy atom. The fourth-order valence-corrected chi connectivity index (χ4v) is 4.57. The Balaban J connectivity index is 1.60. The van der Waals surface area contributed by atoms with E-state index in [0.29, 0.717) is 24.4 Å². The zero-order chi connectivity index (χ0) is 19.3. The van der Waals surface area contributed by atoms with Crippen molar-refractivity contribution in [3.8, 4) is 5.75 Å². The number of anilines is 1. The Morgan fingerprint density at radius 3 is 2.63 bits per heavy atom. The van der Waals surface area contributed by atoms with Crippen molar-refractivity contribution in [2.24, 2.45) is 0 Å². The van der Waals surface area contributed by atoms with E-state index in [1.165, 1.54) is 4.31 Å². The number of thioether (sulfide) groups is 1. The van der Waals surface area contributed by atoms with Gasteiger partial charge in [0.2, 0.25) is 10.0 Å². The van der Waals surface area contributed by atoms with Gasteiger partial charge in [0, 0.05) is 30.2 Å². The van der Waals surface area contributed by atoms with Crippen LogP contribution >= 0.6 is 11.8 Å². The minimum absolute atomic E-state index is 0.201. The minimum atomic E-state index is -3.44. The first-order chi connectivity index (χ1) is 12.9. The predicted octanol–water partition coefficient (Wildman–Crippen LogP) is 2.51. The summed E-state index contributed by atoms with van der Waals surface area (Å²) in [7, 11) is -3.44. The molecule has 0 saturated heterocycles. The van der Waals surface area contributed by atoms with Crippen LogP contribution in [0.25, 0.3) is 0 Å². The van der Waals surface area contributed by atoms with Gasteiger partial charge in [-0.25, -0.2) is 8.42 Å². The number of hydrogen-bond donors (Lipinski definition) is 1. The molecule has 1 heterocycles. The van der Waals surface area contributed by atoms with Crippen molar-refractivity contribution in [3.63, 3.8) is 0 Å². The van der Waals surface area contributed by atoms with E-state index >= 15 is 0 Å². The van der Waals surface area contributed by atoms with Crippen LogP contribution in [0.3, 0.4) is 0 Å². The lowest BCUT2D eigenvalue weighted by atomic mass is 10.2. The number of fused-ring (bicyclic) bond motifs is 1. The molecule has 1 aliphatic rings. The average molecular weight is 407 g/mol. The first kappa shape index (κ1) is 19.6. The third-order valence-corrected chi connectivity index (χ3v) is 6.30. The molecule has 1 N–H and O–H groups in total. The molecular formula is C19H22N2O4S2. The van der Waals surface area contributed by atoms with E-state index in [1.54, 1.807) is 36.0 Å². The van der Waals surface area contributed by atoms with Crippen molar-refractivity contribution in [1.29, 1.82) is 0 Å². The molecule has 6 nitrogen and oxygen atoms in total. The fraction of sp³-hybridized carbons (Fsp3) is 0.316. The molecule has 2 aromatic rings. The highest BCUT2D eigenvalue weighted by atomic mass is 32.2. The van der Waals surface area contributed by atoms with Crippen molar-refractivity contribution in [2.75, 3.05) is 29.4 Å². The summed E-state index contributed by atoms with van der Waals surface area (Å²) < 4.78 is 31.3. The van der Waals surface area contributed by atoms with Gasteiger partial charge in [0.1, 0.15) is 5.75 Å². The van der Waals surface area contributed by atoms with Gasteiger partial charge in [0.15, 0.2) is 6.10 Å². The number of ether oxygens (including phenoxy) is 1. The molecule has 0 bridgehead atoms. The predicted molar refractivity (Wildman–Crippen MR) is 108 cm³/mol. The first-order valence-corrected chi connectivity index (χ1v) is 11.5. The first-order valence-electron chi connectivity index (χ1n) is 8.64. The normalized spacial score (nSPS) is 16.8. The molecule has 1 amide bonds. The van der Waals surface area contributed by atoms with Gasteiger partial charge in [-0.15, -0.1) is 11.8 Å². The summed E-state index contributed by atoms with van der Waals surface area (Å²) in [5.41, 5.74) is 0.468. The van der Waals surface area contributed by atoms with E-state index < -0.39 is 16.1 Å². The van der Waals surface area contributed by atoms with Gasteiger partial charge in [0.25, 0.3) is 5.91 Å². The quantitative estimate of drug-likeness (QED) is 0.589. The number of carbonyl (C=O) groups excluding carboxylic acids is 1. The number of rotatable bonds is 6. The molecule has 3 rings (SSSR count). The van der Waals surface area contributed by atoms with E-state index in [4.69, 9.17) is 4.74 Å². The van der Waals surface area contributed by atoms with E-state index in [-0.39, 0.29) is 12.5 Å². The van der Waals surface area contributed by atoms with Crippen molar-refractivity contribution in [2.45, 2.75) is 17.4 Å². The van der Waals surface area contributed by atoms with E-state index in [0.717, 1.165) is 16.9 Å². The average Bonchev–Trinajstić information content (AvgIpc) is 2.85. The summed E-state index contributed by atoms with van der Waals surface area (Å²) in [5.74, 6) is 0.919. The van der Waals surface area contributed by atoms with Gasteiger partial charge in [-0.2, -0.15) is 0 Å². The molecule has 144 valence electrons. The number of nitrogens with zero attached hydrogens (tertiary/aromatic N) is 1. The maximum absolute atomic E-state index is 12.5. The highest BCUT2D eigenvalue weighted by Crippen LogP contribution is 2.33. The van der Waals surface area contributed by atoms with Gasteiger partial charge in [-0.1, -0.05) is 30.3 Å². The number of nitrogens with one attached hydrogen (secondary N) is 1. The van der Waals surface area contributed by atoms with Crippen LogP contribution in [0.5, 0.6) is 5.75 Å². The molecule has 0 spiro atoms. The Bertz CT molecular complexity index is 888. The van der Waals surface area contributed by atoms with E-state index in [1.807, 2.05) is 30.3 Å². The van der Waals surface area contributed by atoms with Crippen LogP contribution < -0.4 is 14.4 Å². The molecule has 0 saturated carbocycles. The molecule has 2 aromatic carbocycles. The number of amides is 1. The standard InChI is InChI=1S/C19H22N2O4S2/c1-27(23,24)21-13-11-18(25-17-10-6-5-9-16(17)21)19(22)20-12-14-26-15-7-3-2-4-8-15/h2-10,18H,11-14H2,1H3,(H,20,22)/t18-/m0/s1. The number of sulfonamides is 1. The van der Waals surface area contributed by atoms with Crippen molar-refractivity contribution < 1.29 is 17.9 Å². The molecule has 1 aliphatic heterocycles. The lowest BCUT2D eigenvalue weighted by Gasteiger charge is -2.20. The fourth-order valence-electron chi connectivity index (χ4n) is 2.83. The number of hydrogen-bond acceptors (Lipinski definition) is 5. The van der Waals surface area contributed by atoms with Crippen LogP contribution in [-0.4, -0.2) is 45.5 Å². The smallest absolute Gasteiger partial charge is 0.261 e. The number of para-hydroxylation sites is 2. The molecule has 0 fully saturated rings. The second-order valence-electron chi connectivity index (χ2n) is 6.15. The summed E-state index contributed by atoms with van der Waals surface area (Å²) in [6.45, 7) is 0.711. The third-order valence-electron chi connectivity index (χ3n) is 4.10. The highest BCUT2D eigenvalue weighted by molar-refractivity contribution is 7.99. The maximum atomic E-state index is 12.5. The number of benzene rings is 2. The van der Waals surface area contributed by atoms with Gasteiger partial charge in [-0.3, -0.25) is 9.10 Å². The number of carbonyl (C=O) groups is 1. The summed E-state index contributed by atoms with van der Waals surface area (Å²) in [5, 5.41) is 2.88. The zero-order valence-corrected chi connectivity index (χ0v) is 16.6. The summed E-state index contributed by atoms with van der Waals surface area (Å²) in [4.78, 5) is 13.7. The van der Waals surface area contributed by atoms with Crippen LogP contribution in [-0.2, 0) is 14.8 Å². The highest BCUT2D eigenvalue weighted by Gasteiger charge is 2.30. The second-order valence-corrected chi connectivity index (χ2v) is 9.23. The second kappa shape index (κ2) is 8.67. The van der Waals surface area contributed by atoms with Crippen LogP contribution in [0.4, 0.5) is 5.69 Å².